The Morgan fingerprint density at radius 3 is 2.24 bits per heavy atom. The third kappa shape index (κ3) is 5.22. The van der Waals surface area contributed by atoms with E-state index in [1.165, 1.54) is 0 Å². The molecule has 0 unspecified atom stereocenters. The molecule has 0 radical (unpaired) electrons. The highest BCUT2D eigenvalue weighted by Crippen LogP contribution is 2.33. The van der Waals surface area contributed by atoms with Gasteiger partial charge in [0, 0.05) is 17.5 Å². The number of benzene rings is 2. The maximum absolute atomic E-state index is 12.6. The minimum Gasteiger partial charge on any atom is -0.497 e. The second-order valence-electron chi connectivity index (χ2n) is 7.32. The molecular weight excluding hydrogens is 370 g/mol. The van der Waals surface area contributed by atoms with Crippen LogP contribution in [0.4, 0.5) is 0 Å². The molecule has 0 spiro atoms. The van der Waals surface area contributed by atoms with Crippen LogP contribution in [-0.2, 0) is 11.3 Å². The van der Waals surface area contributed by atoms with Crippen molar-refractivity contribution in [3.8, 4) is 17.2 Å². The first-order valence-electron chi connectivity index (χ1n) is 9.66. The number of H-pyrrole nitrogens is 1. The lowest BCUT2D eigenvalue weighted by atomic mass is 10.2. The summed E-state index contributed by atoms with van der Waals surface area (Å²) in [5.74, 6) is 1.67. The first kappa shape index (κ1) is 20.6. The van der Waals surface area contributed by atoms with Crippen molar-refractivity contribution in [1.82, 2.24) is 4.98 Å². The Morgan fingerprint density at radius 2 is 1.62 bits per heavy atom. The van der Waals surface area contributed by atoms with Gasteiger partial charge in [-0.05, 0) is 51.5 Å². The van der Waals surface area contributed by atoms with Crippen LogP contribution >= 0.6 is 0 Å². The highest BCUT2D eigenvalue weighted by Gasteiger charge is 2.16. The van der Waals surface area contributed by atoms with Crippen LogP contribution in [0.15, 0.2) is 42.5 Å². The molecule has 3 aromatic rings. The molecule has 0 bridgehead atoms. The van der Waals surface area contributed by atoms with Gasteiger partial charge in [0.2, 0.25) is 0 Å². The third-order valence-electron chi connectivity index (χ3n) is 4.16. The lowest BCUT2D eigenvalue weighted by Crippen LogP contribution is -2.08. The van der Waals surface area contributed by atoms with E-state index in [-0.39, 0.29) is 18.8 Å². The van der Waals surface area contributed by atoms with Crippen molar-refractivity contribution in [3.63, 3.8) is 0 Å². The van der Waals surface area contributed by atoms with E-state index in [9.17, 15) is 4.79 Å². The van der Waals surface area contributed by atoms with Gasteiger partial charge in [-0.2, -0.15) is 0 Å². The van der Waals surface area contributed by atoms with Gasteiger partial charge in [-0.3, -0.25) is 0 Å². The van der Waals surface area contributed by atoms with Crippen LogP contribution in [0.5, 0.6) is 17.2 Å². The van der Waals surface area contributed by atoms with E-state index < -0.39 is 5.97 Å². The maximum Gasteiger partial charge on any atom is 0.355 e. The largest absolute Gasteiger partial charge is 0.497 e. The SMILES string of the molecule is COc1ccc(COC(=O)c2cc3c(OC(C)C)cc(OC(C)C)cc3[nH]2)cc1. The van der Waals surface area contributed by atoms with Crippen LogP contribution in [0, 0.1) is 0 Å². The Labute approximate surface area is 170 Å². The summed E-state index contributed by atoms with van der Waals surface area (Å²) in [4.78, 5) is 15.7. The Balaban J connectivity index is 1.81. The van der Waals surface area contributed by atoms with Gasteiger partial charge in [-0.15, -0.1) is 0 Å². The Hall–Kier alpha value is -3.15. The fourth-order valence-corrected chi connectivity index (χ4v) is 2.93. The predicted octanol–water partition coefficient (Wildman–Crippen LogP) is 5.11. The molecule has 3 rings (SSSR count). The first-order chi connectivity index (χ1) is 13.9. The number of aromatic amines is 1. The van der Waals surface area contributed by atoms with Gasteiger partial charge >= 0.3 is 5.97 Å². The summed E-state index contributed by atoms with van der Waals surface area (Å²) in [5.41, 5.74) is 2.01. The molecule has 0 aliphatic heterocycles. The number of rotatable bonds is 8. The molecule has 2 aromatic carbocycles. The van der Waals surface area contributed by atoms with Crippen molar-refractivity contribution < 1.29 is 23.7 Å². The Kier molecular flexibility index (Phi) is 6.32. The summed E-state index contributed by atoms with van der Waals surface area (Å²) < 4.78 is 22.3. The van der Waals surface area contributed by atoms with Crippen LogP contribution in [0.1, 0.15) is 43.7 Å². The van der Waals surface area contributed by atoms with E-state index in [4.69, 9.17) is 18.9 Å². The van der Waals surface area contributed by atoms with Crippen molar-refractivity contribution in [2.45, 2.75) is 46.5 Å². The van der Waals surface area contributed by atoms with Crippen molar-refractivity contribution in [3.05, 3.63) is 53.7 Å². The molecule has 0 saturated carbocycles. The fourth-order valence-electron chi connectivity index (χ4n) is 2.93. The third-order valence-corrected chi connectivity index (χ3v) is 4.16. The van der Waals surface area contributed by atoms with E-state index in [0.717, 1.165) is 22.2 Å². The minimum absolute atomic E-state index is 0.00660. The van der Waals surface area contributed by atoms with Gasteiger partial charge in [-0.25, -0.2) is 4.79 Å². The summed E-state index contributed by atoms with van der Waals surface area (Å²) in [7, 11) is 1.61. The average Bonchev–Trinajstić information content (AvgIpc) is 3.10. The molecule has 1 heterocycles. The second-order valence-corrected chi connectivity index (χ2v) is 7.32. The summed E-state index contributed by atoms with van der Waals surface area (Å²) in [6.45, 7) is 8.01. The van der Waals surface area contributed by atoms with Crippen molar-refractivity contribution in [2.24, 2.45) is 0 Å². The quantitative estimate of drug-likeness (QED) is 0.535. The molecule has 29 heavy (non-hydrogen) atoms. The lowest BCUT2D eigenvalue weighted by Gasteiger charge is -2.14. The van der Waals surface area contributed by atoms with E-state index in [0.29, 0.717) is 17.2 Å². The minimum atomic E-state index is -0.432. The monoisotopic (exact) mass is 397 g/mol. The van der Waals surface area contributed by atoms with Crippen molar-refractivity contribution >= 4 is 16.9 Å². The van der Waals surface area contributed by atoms with E-state index in [2.05, 4.69) is 4.98 Å². The van der Waals surface area contributed by atoms with E-state index >= 15 is 0 Å². The number of aromatic nitrogens is 1. The predicted molar refractivity (Wildman–Crippen MR) is 112 cm³/mol. The standard InChI is InChI=1S/C23H27NO5/c1-14(2)28-18-10-20-19(22(11-18)29-15(3)4)12-21(24-20)23(25)27-13-16-6-8-17(26-5)9-7-16/h6-12,14-15,24H,13H2,1-5H3. The molecule has 154 valence electrons. The maximum atomic E-state index is 12.6. The summed E-state index contributed by atoms with van der Waals surface area (Å²) in [6, 6.07) is 12.9. The number of fused-ring (bicyclic) bond motifs is 1. The highest BCUT2D eigenvalue weighted by molar-refractivity contribution is 5.97. The molecule has 0 amide bonds. The zero-order valence-electron chi connectivity index (χ0n) is 17.4. The van der Waals surface area contributed by atoms with Gasteiger partial charge in [0.15, 0.2) is 0 Å². The Bertz CT molecular complexity index is 973. The summed E-state index contributed by atoms with van der Waals surface area (Å²) in [5, 5.41) is 0.811. The highest BCUT2D eigenvalue weighted by atomic mass is 16.5. The number of nitrogens with one attached hydrogen (secondary N) is 1. The molecule has 0 aliphatic carbocycles. The topological polar surface area (TPSA) is 69.8 Å². The number of esters is 1. The molecule has 6 nitrogen and oxygen atoms in total. The zero-order valence-corrected chi connectivity index (χ0v) is 17.4. The normalized spacial score (nSPS) is 11.1. The number of carbonyl (C=O) groups is 1. The zero-order chi connectivity index (χ0) is 21.0. The van der Waals surface area contributed by atoms with Crippen LogP contribution in [0.2, 0.25) is 0 Å². The molecule has 6 heteroatoms. The molecule has 1 N–H and O–H groups in total. The van der Waals surface area contributed by atoms with E-state index in [1.807, 2.05) is 64.1 Å². The van der Waals surface area contributed by atoms with Crippen LogP contribution < -0.4 is 14.2 Å². The number of hydrogen-bond donors (Lipinski definition) is 1. The van der Waals surface area contributed by atoms with Gasteiger partial charge in [0.05, 0.1) is 24.8 Å². The number of ether oxygens (including phenoxy) is 4. The van der Waals surface area contributed by atoms with Gasteiger partial charge in [0.1, 0.15) is 29.5 Å². The molecule has 0 fully saturated rings. The number of hydrogen-bond acceptors (Lipinski definition) is 5. The fraction of sp³-hybridized carbons (Fsp3) is 0.348. The average molecular weight is 397 g/mol. The molecule has 0 saturated heterocycles. The smallest absolute Gasteiger partial charge is 0.355 e. The van der Waals surface area contributed by atoms with Gasteiger partial charge < -0.3 is 23.9 Å². The van der Waals surface area contributed by atoms with E-state index in [1.54, 1.807) is 13.2 Å². The Morgan fingerprint density at radius 1 is 0.931 bits per heavy atom. The second kappa shape index (κ2) is 8.90. The summed E-state index contributed by atoms with van der Waals surface area (Å²) in [6.07, 6.45) is 0.0242. The molecular formula is C23H27NO5. The van der Waals surface area contributed by atoms with Crippen molar-refractivity contribution in [2.75, 3.05) is 7.11 Å². The molecule has 0 aliphatic rings. The lowest BCUT2D eigenvalue weighted by molar-refractivity contribution is 0.0467. The van der Waals surface area contributed by atoms with Crippen LogP contribution in [0.25, 0.3) is 10.9 Å². The van der Waals surface area contributed by atoms with Crippen molar-refractivity contribution in [1.29, 1.82) is 0 Å². The van der Waals surface area contributed by atoms with Gasteiger partial charge in [0.25, 0.3) is 0 Å². The van der Waals surface area contributed by atoms with Crippen LogP contribution in [-0.4, -0.2) is 30.3 Å². The molecule has 0 atom stereocenters. The number of carbonyl (C=O) groups excluding carboxylic acids is 1. The van der Waals surface area contributed by atoms with Gasteiger partial charge in [-0.1, -0.05) is 12.1 Å². The number of methoxy groups -OCH3 is 1. The molecule has 1 aromatic heterocycles. The first-order valence-corrected chi connectivity index (χ1v) is 9.66. The summed E-state index contributed by atoms with van der Waals surface area (Å²) >= 11 is 0. The van der Waals surface area contributed by atoms with Crippen LogP contribution in [0.3, 0.4) is 0 Å².